The van der Waals surface area contributed by atoms with Gasteiger partial charge in [-0.1, -0.05) is 48.5 Å². The van der Waals surface area contributed by atoms with Crippen LogP contribution in [0.1, 0.15) is 25.7 Å². The maximum atomic E-state index is 5.06. The number of fused-ring (bicyclic) bond motifs is 3. The first kappa shape index (κ1) is 19.1. The molecule has 0 amide bonds. The summed E-state index contributed by atoms with van der Waals surface area (Å²) in [4.78, 5) is 10.1. The molecule has 4 aromatic rings. The van der Waals surface area contributed by atoms with E-state index >= 15 is 0 Å². The highest BCUT2D eigenvalue weighted by Crippen LogP contribution is 2.29. The van der Waals surface area contributed by atoms with Crippen molar-refractivity contribution in [3.05, 3.63) is 72.6 Å². The highest BCUT2D eigenvalue weighted by molar-refractivity contribution is 6.04. The van der Waals surface area contributed by atoms with E-state index in [9.17, 15) is 0 Å². The van der Waals surface area contributed by atoms with Gasteiger partial charge in [-0.3, -0.25) is 4.90 Å². The number of benzene rings is 3. The van der Waals surface area contributed by atoms with Crippen LogP contribution in [0.25, 0.3) is 21.8 Å². The van der Waals surface area contributed by atoms with Gasteiger partial charge in [0.25, 0.3) is 0 Å². The molecule has 1 aliphatic heterocycles. The molecule has 1 saturated heterocycles. The van der Waals surface area contributed by atoms with E-state index in [0.717, 1.165) is 44.7 Å². The first-order valence-corrected chi connectivity index (χ1v) is 11.1. The van der Waals surface area contributed by atoms with Gasteiger partial charge < -0.3 is 9.47 Å². The zero-order valence-corrected chi connectivity index (χ0v) is 18.0. The maximum Gasteiger partial charge on any atom is 0.111 e. The maximum absolute atomic E-state index is 5.06. The minimum atomic E-state index is 0.394. The predicted molar refractivity (Wildman–Crippen MR) is 126 cm³/mol. The molecule has 0 spiro atoms. The lowest BCUT2D eigenvalue weighted by atomic mass is 10.1. The molecule has 5 rings (SSSR count). The largest absolute Gasteiger partial charge is 0.369 e. The summed E-state index contributed by atoms with van der Waals surface area (Å²) in [6.45, 7) is 10.0. The summed E-state index contributed by atoms with van der Waals surface area (Å²) in [6.07, 6.45) is 0.993. The van der Waals surface area contributed by atoms with Crippen LogP contribution in [0.3, 0.4) is 0 Å². The number of piperazine rings is 1. The van der Waals surface area contributed by atoms with Gasteiger partial charge in [-0.2, -0.15) is 0 Å². The van der Waals surface area contributed by atoms with Crippen LogP contribution in [-0.4, -0.2) is 47.2 Å². The lowest BCUT2D eigenvalue weighted by Gasteiger charge is -2.36. The second kappa shape index (κ2) is 8.11. The van der Waals surface area contributed by atoms with Crippen LogP contribution in [0.5, 0.6) is 0 Å². The molecular formula is C26H30N4. The zero-order chi connectivity index (χ0) is 20.5. The van der Waals surface area contributed by atoms with E-state index in [1.165, 1.54) is 27.8 Å². The molecule has 30 heavy (non-hydrogen) atoms. The van der Waals surface area contributed by atoms with Crippen LogP contribution < -0.4 is 4.90 Å². The first-order chi connectivity index (χ1) is 14.7. The van der Waals surface area contributed by atoms with Crippen LogP contribution in [0, 0.1) is 0 Å². The average Bonchev–Trinajstić information content (AvgIpc) is 3.18. The number of hydrogen-bond donors (Lipinski definition) is 0. The van der Waals surface area contributed by atoms with Crippen LogP contribution in [0.15, 0.2) is 66.7 Å². The summed E-state index contributed by atoms with van der Waals surface area (Å²) < 4.78 is 2.46. The molecular weight excluding hydrogens is 368 g/mol. The van der Waals surface area contributed by atoms with E-state index in [1.807, 2.05) is 0 Å². The summed E-state index contributed by atoms with van der Waals surface area (Å²) in [5.41, 5.74) is 3.74. The van der Waals surface area contributed by atoms with Gasteiger partial charge in [-0.15, -0.1) is 0 Å². The first-order valence-electron chi connectivity index (χ1n) is 11.1. The van der Waals surface area contributed by atoms with Crippen LogP contribution in [0.2, 0.25) is 0 Å². The van der Waals surface area contributed by atoms with E-state index in [4.69, 9.17) is 4.98 Å². The molecule has 154 valence electrons. The Morgan fingerprint density at radius 2 is 1.57 bits per heavy atom. The number of anilines is 1. The molecule has 1 fully saturated rings. The second-order valence-corrected chi connectivity index (χ2v) is 8.56. The van der Waals surface area contributed by atoms with Gasteiger partial charge >= 0.3 is 0 Å². The Morgan fingerprint density at radius 3 is 2.33 bits per heavy atom. The van der Waals surface area contributed by atoms with Crippen LogP contribution in [0.4, 0.5) is 5.69 Å². The zero-order valence-electron chi connectivity index (χ0n) is 18.0. The Labute approximate surface area is 178 Å². The molecule has 0 saturated carbocycles. The van der Waals surface area contributed by atoms with Crippen molar-refractivity contribution in [1.29, 1.82) is 0 Å². The minimum Gasteiger partial charge on any atom is -0.369 e. The van der Waals surface area contributed by atoms with E-state index in [-0.39, 0.29) is 0 Å². The van der Waals surface area contributed by atoms with Crippen molar-refractivity contribution in [2.75, 3.05) is 37.6 Å². The van der Waals surface area contributed by atoms with Crippen molar-refractivity contribution in [3.63, 3.8) is 0 Å². The summed E-state index contributed by atoms with van der Waals surface area (Å²) in [5.74, 6) is 1.21. The third-order valence-corrected chi connectivity index (χ3v) is 6.31. The Kier molecular flexibility index (Phi) is 5.17. The van der Waals surface area contributed by atoms with Gasteiger partial charge in [-0.25, -0.2) is 4.98 Å². The fourth-order valence-electron chi connectivity index (χ4n) is 4.77. The molecule has 2 heterocycles. The highest BCUT2D eigenvalue weighted by atomic mass is 15.3. The third kappa shape index (κ3) is 3.56. The van der Waals surface area contributed by atoms with E-state index in [2.05, 4.69) is 94.9 Å². The fourth-order valence-corrected chi connectivity index (χ4v) is 4.77. The number of hydrogen-bond acceptors (Lipinski definition) is 3. The Balaban J connectivity index is 1.34. The average molecular weight is 399 g/mol. The van der Waals surface area contributed by atoms with Crippen molar-refractivity contribution >= 4 is 27.5 Å². The lowest BCUT2D eigenvalue weighted by molar-refractivity contribution is 0.258. The van der Waals surface area contributed by atoms with E-state index < -0.39 is 0 Å². The SMILES string of the molecule is CC(C)n1c(CCN2CCN(c3ccccc3)CC2)nc2ccc3ccccc3c21. The number of rotatable bonds is 5. The van der Waals surface area contributed by atoms with Gasteiger partial charge in [0.2, 0.25) is 0 Å². The van der Waals surface area contributed by atoms with Gasteiger partial charge in [-0.05, 0) is 37.4 Å². The Hall–Kier alpha value is -2.85. The van der Waals surface area contributed by atoms with E-state index in [1.54, 1.807) is 0 Å². The monoisotopic (exact) mass is 398 g/mol. The summed E-state index contributed by atoms with van der Waals surface area (Å²) >= 11 is 0. The normalized spacial score (nSPS) is 15.5. The molecule has 0 unspecified atom stereocenters. The second-order valence-electron chi connectivity index (χ2n) is 8.56. The predicted octanol–water partition coefficient (Wildman–Crippen LogP) is 5.14. The molecule has 1 aliphatic rings. The van der Waals surface area contributed by atoms with Crippen LogP contribution >= 0.6 is 0 Å². The molecule has 1 aromatic heterocycles. The molecule has 3 aromatic carbocycles. The quantitative estimate of drug-likeness (QED) is 0.465. The van der Waals surface area contributed by atoms with Crippen molar-refractivity contribution in [1.82, 2.24) is 14.5 Å². The fraction of sp³-hybridized carbons (Fsp3) is 0.346. The summed E-state index contributed by atoms with van der Waals surface area (Å²) in [7, 11) is 0. The van der Waals surface area contributed by atoms with Gasteiger partial charge in [0.1, 0.15) is 5.82 Å². The van der Waals surface area contributed by atoms with Gasteiger partial charge in [0.05, 0.1) is 11.0 Å². The molecule has 0 radical (unpaired) electrons. The Bertz CT molecular complexity index is 1140. The number of nitrogens with zero attached hydrogens (tertiary/aromatic N) is 4. The van der Waals surface area contributed by atoms with Crippen molar-refractivity contribution in [2.24, 2.45) is 0 Å². The van der Waals surface area contributed by atoms with Crippen molar-refractivity contribution in [2.45, 2.75) is 26.3 Å². The smallest absolute Gasteiger partial charge is 0.111 e. The van der Waals surface area contributed by atoms with Crippen molar-refractivity contribution in [3.8, 4) is 0 Å². The molecule has 0 atom stereocenters. The lowest BCUT2D eigenvalue weighted by Crippen LogP contribution is -2.47. The Morgan fingerprint density at radius 1 is 0.833 bits per heavy atom. The minimum absolute atomic E-state index is 0.394. The third-order valence-electron chi connectivity index (χ3n) is 6.31. The number of aromatic nitrogens is 2. The molecule has 0 N–H and O–H groups in total. The topological polar surface area (TPSA) is 24.3 Å². The highest BCUT2D eigenvalue weighted by Gasteiger charge is 2.20. The summed E-state index contributed by atoms with van der Waals surface area (Å²) in [5, 5.41) is 2.59. The summed E-state index contributed by atoms with van der Waals surface area (Å²) in [6, 6.07) is 24.2. The standard InChI is InChI=1S/C26H30N4/c1-20(2)30-25(27-24-13-12-21-8-6-7-11-23(21)26(24)30)14-15-28-16-18-29(19-17-28)22-9-4-3-5-10-22/h3-13,20H,14-19H2,1-2H3. The van der Waals surface area contributed by atoms with Gasteiger partial charge in [0, 0.05) is 56.3 Å². The number of imidazole rings is 1. The van der Waals surface area contributed by atoms with Crippen LogP contribution in [-0.2, 0) is 6.42 Å². The van der Waals surface area contributed by atoms with E-state index in [0.29, 0.717) is 6.04 Å². The number of para-hydroxylation sites is 1. The molecule has 0 bridgehead atoms. The molecule has 4 nitrogen and oxygen atoms in total. The molecule has 0 aliphatic carbocycles. The van der Waals surface area contributed by atoms with Gasteiger partial charge in [0.15, 0.2) is 0 Å². The molecule has 4 heteroatoms. The van der Waals surface area contributed by atoms with Crippen molar-refractivity contribution < 1.29 is 0 Å².